The summed E-state index contributed by atoms with van der Waals surface area (Å²) in [6.07, 6.45) is 3.31. The van der Waals surface area contributed by atoms with Crippen molar-refractivity contribution in [2.45, 2.75) is 31.8 Å². The third-order valence-corrected chi connectivity index (χ3v) is 4.21. The predicted octanol–water partition coefficient (Wildman–Crippen LogP) is 0.379. The summed E-state index contributed by atoms with van der Waals surface area (Å²) in [6, 6.07) is 0. The summed E-state index contributed by atoms with van der Waals surface area (Å²) in [5.74, 6) is -0.108. The van der Waals surface area contributed by atoms with Crippen molar-refractivity contribution >= 4 is 5.97 Å². The Morgan fingerprint density at radius 2 is 2.00 bits per heavy atom. The van der Waals surface area contributed by atoms with E-state index >= 15 is 0 Å². The molecular weight excluding hydrogens is 232 g/mol. The highest BCUT2D eigenvalue weighted by Crippen LogP contribution is 2.32. The number of ether oxygens (including phenoxy) is 2. The van der Waals surface area contributed by atoms with E-state index in [4.69, 9.17) is 15.2 Å². The number of hydrogen-bond acceptors (Lipinski definition) is 5. The molecule has 2 aliphatic heterocycles. The quantitative estimate of drug-likeness (QED) is 0.740. The van der Waals surface area contributed by atoms with Crippen molar-refractivity contribution < 1.29 is 14.3 Å². The number of piperidine rings is 1. The maximum atomic E-state index is 12.3. The second-order valence-corrected chi connectivity index (χ2v) is 5.50. The first-order valence-corrected chi connectivity index (χ1v) is 6.84. The number of carbonyl (C=O) groups excluding carboxylic acids is 1. The fraction of sp³-hybridized carbons (Fsp3) is 0.923. The number of rotatable bonds is 3. The second-order valence-electron chi connectivity index (χ2n) is 5.50. The molecule has 2 saturated heterocycles. The van der Waals surface area contributed by atoms with Gasteiger partial charge in [0.2, 0.25) is 0 Å². The predicted molar refractivity (Wildman–Crippen MR) is 68.2 cm³/mol. The minimum atomic E-state index is -0.498. The fourth-order valence-corrected chi connectivity index (χ4v) is 2.63. The van der Waals surface area contributed by atoms with Crippen LogP contribution in [-0.2, 0) is 14.3 Å². The number of nitrogens with two attached hydrogens (primary N) is 1. The summed E-state index contributed by atoms with van der Waals surface area (Å²) in [5.41, 5.74) is 5.30. The van der Waals surface area contributed by atoms with Gasteiger partial charge in [-0.1, -0.05) is 0 Å². The number of likely N-dealkylation sites (tertiary alicyclic amines) is 1. The first-order valence-electron chi connectivity index (χ1n) is 6.84. The summed E-state index contributed by atoms with van der Waals surface area (Å²) >= 11 is 0. The van der Waals surface area contributed by atoms with Crippen LogP contribution in [0.4, 0.5) is 0 Å². The van der Waals surface area contributed by atoms with Crippen molar-refractivity contribution in [3.63, 3.8) is 0 Å². The Bertz CT molecular complexity index is 282. The highest BCUT2D eigenvalue weighted by molar-refractivity contribution is 5.77. The molecule has 5 nitrogen and oxygen atoms in total. The van der Waals surface area contributed by atoms with Crippen molar-refractivity contribution in [2.75, 3.05) is 39.9 Å². The van der Waals surface area contributed by atoms with Gasteiger partial charge in [0.25, 0.3) is 0 Å². The summed E-state index contributed by atoms with van der Waals surface area (Å²) in [4.78, 5) is 14.6. The molecule has 2 fully saturated rings. The van der Waals surface area contributed by atoms with Crippen molar-refractivity contribution in [2.24, 2.45) is 11.1 Å². The molecule has 0 saturated carbocycles. The molecule has 2 heterocycles. The first-order chi connectivity index (χ1) is 8.66. The molecule has 0 aliphatic carbocycles. The third kappa shape index (κ3) is 3.02. The Balaban J connectivity index is 1.89. The largest absolute Gasteiger partial charge is 0.462 e. The van der Waals surface area contributed by atoms with E-state index in [2.05, 4.69) is 11.9 Å². The Morgan fingerprint density at radius 3 is 2.56 bits per heavy atom. The van der Waals surface area contributed by atoms with Crippen molar-refractivity contribution in [1.29, 1.82) is 0 Å². The first kappa shape index (κ1) is 13.8. The molecule has 0 aromatic carbocycles. The van der Waals surface area contributed by atoms with Gasteiger partial charge in [-0.05, 0) is 32.7 Å². The van der Waals surface area contributed by atoms with Gasteiger partial charge in [-0.25, -0.2) is 0 Å². The van der Waals surface area contributed by atoms with Gasteiger partial charge >= 0.3 is 5.97 Å². The second kappa shape index (κ2) is 5.99. The van der Waals surface area contributed by atoms with Crippen LogP contribution >= 0.6 is 0 Å². The molecular formula is C13H24N2O3. The van der Waals surface area contributed by atoms with Crippen LogP contribution in [0.3, 0.4) is 0 Å². The average Bonchev–Trinajstić information content (AvgIpc) is 2.42. The van der Waals surface area contributed by atoms with Gasteiger partial charge in [-0.15, -0.1) is 0 Å². The minimum absolute atomic E-state index is 0.0694. The van der Waals surface area contributed by atoms with E-state index in [1.165, 1.54) is 0 Å². The highest BCUT2D eigenvalue weighted by Gasteiger charge is 2.41. The Labute approximate surface area is 109 Å². The molecule has 0 radical (unpaired) electrons. The smallest absolute Gasteiger partial charge is 0.313 e. The Kier molecular flexibility index (Phi) is 4.59. The maximum Gasteiger partial charge on any atom is 0.313 e. The van der Waals surface area contributed by atoms with Crippen molar-refractivity contribution in [3.8, 4) is 0 Å². The fourth-order valence-electron chi connectivity index (χ4n) is 2.63. The van der Waals surface area contributed by atoms with Gasteiger partial charge in [-0.2, -0.15) is 0 Å². The zero-order chi connectivity index (χ0) is 13.0. The average molecular weight is 256 g/mol. The molecule has 0 aromatic heterocycles. The zero-order valence-corrected chi connectivity index (χ0v) is 11.2. The number of nitrogens with zero attached hydrogens (tertiary/aromatic N) is 1. The molecule has 2 N–H and O–H groups in total. The zero-order valence-electron chi connectivity index (χ0n) is 11.2. The Morgan fingerprint density at radius 1 is 1.39 bits per heavy atom. The summed E-state index contributed by atoms with van der Waals surface area (Å²) in [5, 5.41) is 0. The van der Waals surface area contributed by atoms with E-state index < -0.39 is 5.41 Å². The molecule has 0 aromatic rings. The maximum absolute atomic E-state index is 12.3. The summed E-state index contributed by atoms with van der Waals surface area (Å²) < 4.78 is 11.0. The standard InChI is InChI=1S/C13H24N2O3/c1-15-6-2-11(3-7-15)18-12(16)13(10-14)4-8-17-9-5-13/h11H,2-10,14H2,1H3. The lowest BCUT2D eigenvalue weighted by Gasteiger charge is -2.36. The van der Waals surface area contributed by atoms with Crippen molar-refractivity contribution in [3.05, 3.63) is 0 Å². The molecule has 0 atom stereocenters. The van der Waals surface area contributed by atoms with E-state index in [9.17, 15) is 4.79 Å². The van der Waals surface area contributed by atoms with Gasteiger partial charge in [0.15, 0.2) is 0 Å². The van der Waals surface area contributed by atoms with Crippen LogP contribution in [-0.4, -0.2) is 56.9 Å². The van der Waals surface area contributed by atoms with Crippen molar-refractivity contribution in [1.82, 2.24) is 4.90 Å². The van der Waals surface area contributed by atoms with Crippen LogP contribution in [0.15, 0.2) is 0 Å². The van der Waals surface area contributed by atoms with Gasteiger partial charge in [0, 0.05) is 32.8 Å². The van der Waals surface area contributed by atoms with E-state index in [0.717, 1.165) is 25.9 Å². The van der Waals surface area contributed by atoms with Crippen LogP contribution in [0.5, 0.6) is 0 Å². The van der Waals surface area contributed by atoms with E-state index in [0.29, 0.717) is 32.6 Å². The van der Waals surface area contributed by atoms with E-state index in [1.807, 2.05) is 0 Å². The van der Waals surface area contributed by atoms with E-state index in [-0.39, 0.29) is 12.1 Å². The molecule has 2 aliphatic rings. The van der Waals surface area contributed by atoms with Crippen LogP contribution in [0.1, 0.15) is 25.7 Å². The van der Waals surface area contributed by atoms with Gasteiger partial charge < -0.3 is 20.1 Å². The number of carbonyl (C=O) groups is 1. The lowest BCUT2D eigenvalue weighted by atomic mass is 9.80. The van der Waals surface area contributed by atoms with Gasteiger partial charge in [-0.3, -0.25) is 4.79 Å². The highest BCUT2D eigenvalue weighted by atomic mass is 16.5. The normalized spacial score (nSPS) is 25.9. The number of hydrogen-bond donors (Lipinski definition) is 1. The lowest BCUT2D eigenvalue weighted by molar-refractivity contribution is -0.168. The van der Waals surface area contributed by atoms with Crippen LogP contribution in [0.2, 0.25) is 0 Å². The topological polar surface area (TPSA) is 64.8 Å². The summed E-state index contributed by atoms with van der Waals surface area (Å²) in [6.45, 7) is 3.58. The molecule has 0 spiro atoms. The summed E-state index contributed by atoms with van der Waals surface area (Å²) in [7, 11) is 2.10. The molecule has 0 unspecified atom stereocenters. The molecule has 18 heavy (non-hydrogen) atoms. The molecule has 5 heteroatoms. The van der Waals surface area contributed by atoms with Crippen LogP contribution in [0, 0.1) is 5.41 Å². The third-order valence-electron chi connectivity index (χ3n) is 4.21. The Hall–Kier alpha value is -0.650. The van der Waals surface area contributed by atoms with Crippen LogP contribution < -0.4 is 5.73 Å². The number of esters is 1. The van der Waals surface area contributed by atoms with Gasteiger partial charge in [0.05, 0.1) is 5.41 Å². The monoisotopic (exact) mass is 256 g/mol. The SMILES string of the molecule is CN1CCC(OC(=O)C2(CN)CCOCC2)CC1. The van der Waals surface area contributed by atoms with E-state index in [1.54, 1.807) is 0 Å². The lowest BCUT2D eigenvalue weighted by Crippen LogP contribution is -2.46. The molecule has 0 bridgehead atoms. The van der Waals surface area contributed by atoms with Gasteiger partial charge in [0.1, 0.15) is 6.10 Å². The molecule has 2 rings (SSSR count). The molecule has 104 valence electrons. The molecule has 0 amide bonds. The minimum Gasteiger partial charge on any atom is -0.462 e. The van der Waals surface area contributed by atoms with Crippen LogP contribution in [0.25, 0.3) is 0 Å².